The van der Waals surface area contributed by atoms with Gasteiger partial charge in [-0.3, -0.25) is 4.79 Å². The van der Waals surface area contributed by atoms with E-state index in [9.17, 15) is 27.2 Å². The molecule has 0 aliphatic rings. The van der Waals surface area contributed by atoms with E-state index in [1.165, 1.54) is 13.8 Å². The van der Waals surface area contributed by atoms with Crippen LogP contribution in [0.2, 0.25) is 5.02 Å². The van der Waals surface area contributed by atoms with E-state index in [2.05, 4.69) is 5.32 Å². The van der Waals surface area contributed by atoms with Gasteiger partial charge >= 0.3 is 18.2 Å². The van der Waals surface area contributed by atoms with Crippen molar-refractivity contribution >= 4 is 23.6 Å². The Morgan fingerprint density at radius 2 is 1.88 bits per heavy atom. The number of carboxylic acid groups (broad SMARTS) is 1. The summed E-state index contributed by atoms with van der Waals surface area (Å²) in [5.74, 6) is -1.98. The second-order valence-electron chi connectivity index (χ2n) is 6.02. The molecule has 0 radical (unpaired) electrons. The number of nitrogens with one attached hydrogen (secondary N) is 2. The maximum absolute atomic E-state index is 13.2. The maximum Gasteiger partial charge on any atom is 0.412 e. The van der Waals surface area contributed by atoms with Crippen LogP contribution in [0.15, 0.2) is 18.2 Å². The minimum absolute atomic E-state index is 0.0226. The first-order valence-corrected chi connectivity index (χ1v) is 7.52. The Bertz CT molecular complexity index is 650. The van der Waals surface area contributed by atoms with Gasteiger partial charge in [-0.15, -0.1) is 0 Å². The minimum Gasteiger partial charge on any atom is -0.481 e. The van der Waals surface area contributed by atoms with Gasteiger partial charge in [0.2, 0.25) is 0 Å². The topological polar surface area (TPSA) is 78.4 Å². The summed E-state index contributed by atoms with van der Waals surface area (Å²) >= 11 is 5.50. The zero-order valence-electron chi connectivity index (χ0n) is 13.4. The Labute approximate surface area is 146 Å². The molecular weight excluding hydrogens is 368 g/mol. The number of alkyl halides is 3. The summed E-state index contributed by atoms with van der Waals surface area (Å²) in [6, 6.07) is -1.12. The summed E-state index contributed by atoms with van der Waals surface area (Å²) in [5, 5.41) is 12.2. The lowest BCUT2D eigenvalue weighted by atomic mass is 9.98. The van der Waals surface area contributed by atoms with E-state index in [0.717, 1.165) is 18.2 Å². The molecule has 1 aromatic rings. The van der Waals surface area contributed by atoms with Crippen molar-refractivity contribution in [2.24, 2.45) is 0 Å². The van der Waals surface area contributed by atoms with Crippen molar-refractivity contribution in [2.75, 3.05) is 0 Å². The van der Waals surface area contributed by atoms with Crippen molar-refractivity contribution in [2.45, 2.75) is 44.4 Å². The fourth-order valence-corrected chi connectivity index (χ4v) is 2.19. The molecule has 10 heteroatoms. The third-order valence-corrected chi connectivity index (χ3v) is 3.59. The third kappa shape index (κ3) is 6.77. The number of urea groups is 1. The standard InChI is InChI=1S/C15H17ClF4N2O3/c1-14(2,6-5-11(23)24)22-13(25)21-12(15(18,19)20)8-3-4-10(17)9(16)7-8/h3-4,7,12H,5-6H2,1-2H3,(H,23,24)(H2,21,22,25). The number of benzene rings is 1. The Balaban J connectivity index is 2.90. The van der Waals surface area contributed by atoms with E-state index in [1.807, 2.05) is 0 Å². The SMILES string of the molecule is CC(C)(CCC(=O)O)NC(=O)NC(c1ccc(F)c(Cl)c1)C(F)(F)F. The molecule has 0 heterocycles. The molecule has 25 heavy (non-hydrogen) atoms. The van der Waals surface area contributed by atoms with Crippen molar-refractivity contribution in [3.63, 3.8) is 0 Å². The number of aliphatic carboxylic acids is 1. The predicted molar refractivity (Wildman–Crippen MR) is 82.8 cm³/mol. The number of rotatable bonds is 6. The van der Waals surface area contributed by atoms with Gasteiger partial charge in [0, 0.05) is 12.0 Å². The molecule has 0 spiro atoms. The van der Waals surface area contributed by atoms with Gasteiger partial charge in [-0.05, 0) is 38.0 Å². The molecule has 1 atom stereocenters. The first-order chi connectivity index (χ1) is 11.3. The van der Waals surface area contributed by atoms with Crippen LogP contribution in [0.3, 0.4) is 0 Å². The molecule has 0 aliphatic heterocycles. The molecule has 1 aromatic carbocycles. The lowest BCUT2D eigenvalue weighted by Crippen LogP contribution is -2.51. The first kappa shape index (κ1) is 21.0. The Morgan fingerprint density at radius 3 is 2.36 bits per heavy atom. The molecule has 5 nitrogen and oxygen atoms in total. The van der Waals surface area contributed by atoms with E-state index in [0.29, 0.717) is 0 Å². The Morgan fingerprint density at radius 1 is 1.28 bits per heavy atom. The van der Waals surface area contributed by atoms with Crippen molar-refractivity contribution in [3.8, 4) is 0 Å². The molecule has 1 rings (SSSR count). The predicted octanol–water partition coefficient (Wildman–Crippen LogP) is 4.03. The van der Waals surface area contributed by atoms with E-state index in [1.54, 1.807) is 5.32 Å². The summed E-state index contributed by atoms with van der Waals surface area (Å²) < 4.78 is 52.8. The number of carbonyl (C=O) groups excluding carboxylic acids is 1. The molecule has 0 saturated heterocycles. The number of amides is 2. The van der Waals surface area contributed by atoms with E-state index in [4.69, 9.17) is 16.7 Å². The largest absolute Gasteiger partial charge is 0.481 e. The molecule has 3 N–H and O–H groups in total. The fourth-order valence-electron chi connectivity index (χ4n) is 2.00. The lowest BCUT2D eigenvalue weighted by molar-refractivity contribution is -0.155. The van der Waals surface area contributed by atoms with Gasteiger partial charge in [-0.2, -0.15) is 13.2 Å². The van der Waals surface area contributed by atoms with E-state index >= 15 is 0 Å². The molecule has 2 amide bonds. The number of carboxylic acids is 1. The number of carbonyl (C=O) groups is 2. The van der Waals surface area contributed by atoms with Crippen LogP contribution >= 0.6 is 11.6 Å². The highest BCUT2D eigenvalue weighted by Gasteiger charge is 2.42. The second kappa shape index (κ2) is 7.90. The number of hydrogen-bond donors (Lipinski definition) is 3. The second-order valence-corrected chi connectivity index (χ2v) is 6.43. The summed E-state index contributed by atoms with van der Waals surface area (Å²) in [7, 11) is 0. The average Bonchev–Trinajstić information content (AvgIpc) is 2.44. The molecule has 0 saturated carbocycles. The van der Waals surface area contributed by atoms with Crippen LogP contribution in [0, 0.1) is 5.82 Å². The van der Waals surface area contributed by atoms with Crippen LogP contribution in [0.1, 0.15) is 38.3 Å². The van der Waals surface area contributed by atoms with Gasteiger partial charge in [0.1, 0.15) is 5.82 Å². The monoisotopic (exact) mass is 384 g/mol. The highest BCUT2D eigenvalue weighted by molar-refractivity contribution is 6.30. The maximum atomic E-state index is 13.2. The smallest absolute Gasteiger partial charge is 0.412 e. The quantitative estimate of drug-likeness (QED) is 0.648. The van der Waals surface area contributed by atoms with Gasteiger partial charge in [0.05, 0.1) is 5.02 Å². The molecule has 0 bridgehead atoms. The highest BCUT2D eigenvalue weighted by Crippen LogP contribution is 2.34. The lowest BCUT2D eigenvalue weighted by Gasteiger charge is -2.28. The Kier molecular flexibility index (Phi) is 6.64. The first-order valence-electron chi connectivity index (χ1n) is 7.14. The van der Waals surface area contributed by atoms with Gasteiger partial charge in [0.25, 0.3) is 0 Å². The van der Waals surface area contributed by atoms with Crippen molar-refractivity contribution < 1.29 is 32.3 Å². The molecule has 140 valence electrons. The zero-order valence-corrected chi connectivity index (χ0v) is 14.1. The summed E-state index contributed by atoms with van der Waals surface area (Å²) in [5.41, 5.74) is -1.48. The van der Waals surface area contributed by atoms with Crippen molar-refractivity contribution in [3.05, 3.63) is 34.6 Å². The molecule has 0 fully saturated rings. The third-order valence-electron chi connectivity index (χ3n) is 3.30. The van der Waals surface area contributed by atoms with Crippen LogP contribution in [0.4, 0.5) is 22.4 Å². The van der Waals surface area contributed by atoms with E-state index in [-0.39, 0.29) is 12.8 Å². The number of halogens is 5. The summed E-state index contributed by atoms with van der Waals surface area (Å²) in [6.45, 7) is 2.96. The number of hydrogen-bond acceptors (Lipinski definition) is 2. The minimum atomic E-state index is -4.84. The molecule has 0 aliphatic carbocycles. The van der Waals surface area contributed by atoms with Gasteiger partial charge in [0.15, 0.2) is 6.04 Å². The molecule has 1 unspecified atom stereocenters. The van der Waals surface area contributed by atoms with Crippen LogP contribution in [0.25, 0.3) is 0 Å². The highest BCUT2D eigenvalue weighted by atomic mass is 35.5. The zero-order chi connectivity index (χ0) is 19.4. The average molecular weight is 385 g/mol. The summed E-state index contributed by atoms with van der Waals surface area (Å²) in [4.78, 5) is 22.5. The van der Waals surface area contributed by atoms with Crippen LogP contribution in [-0.4, -0.2) is 28.8 Å². The van der Waals surface area contributed by atoms with E-state index < -0.39 is 46.2 Å². The van der Waals surface area contributed by atoms with Crippen LogP contribution < -0.4 is 10.6 Å². The fraction of sp³-hybridized carbons (Fsp3) is 0.467. The van der Waals surface area contributed by atoms with Crippen LogP contribution in [-0.2, 0) is 4.79 Å². The summed E-state index contributed by atoms with van der Waals surface area (Å²) in [6.07, 6.45) is -5.08. The van der Waals surface area contributed by atoms with Crippen LogP contribution in [0.5, 0.6) is 0 Å². The van der Waals surface area contributed by atoms with Crippen molar-refractivity contribution in [1.29, 1.82) is 0 Å². The normalized spacial score (nSPS) is 13.2. The molecular formula is C15H17ClF4N2O3. The molecule has 0 aromatic heterocycles. The van der Waals surface area contributed by atoms with Crippen molar-refractivity contribution in [1.82, 2.24) is 10.6 Å². The van der Waals surface area contributed by atoms with Gasteiger partial charge < -0.3 is 15.7 Å². The Hall–Kier alpha value is -2.03. The van der Waals surface area contributed by atoms with Gasteiger partial charge in [-0.1, -0.05) is 17.7 Å². The van der Waals surface area contributed by atoms with Gasteiger partial charge in [-0.25, -0.2) is 9.18 Å².